The SMILES string of the molecule is CCN(CC)C(=O)CN1CCc2cc(C(C)N)ccc21. The highest BCUT2D eigenvalue weighted by Gasteiger charge is 2.23. The summed E-state index contributed by atoms with van der Waals surface area (Å²) < 4.78 is 0. The number of likely N-dealkylation sites (N-methyl/N-ethyl adjacent to an activating group) is 1. The number of nitrogens with two attached hydrogens (primary N) is 1. The number of carbonyl (C=O) groups excluding carboxylic acids is 1. The van der Waals surface area contributed by atoms with Gasteiger partial charge in [-0.15, -0.1) is 0 Å². The average Bonchev–Trinajstić information content (AvgIpc) is 2.82. The van der Waals surface area contributed by atoms with Crippen LogP contribution in [0.2, 0.25) is 0 Å². The lowest BCUT2D eigenvalue weighted by molar-refractivity contribution is -0.129. The minimum atomic E-state index is 0.0617. The molecule has 0 saturated carbocycles. The molecule has 0 aromatic heterocycles. The molecule has 1 aromatic rings. The van der Waals surface area contributed by atoms with Gasteiger partial charge in [0.05, 0.1) is 6.54 Å². The van der Waals surface area contributed by atoms with E-state index in [0.717, 1.165) is 26.1 Å². The molecule has 0 bridgehead atoms. The summed E-state index contributed by atoms with van der Waals surface area (Å²) in [4.78, 5) is 16.3. The first-order valence-corrected chi connectivity index (χ1v) is 7.47. The lowest BCUT2D eigenvalue weighted by Gasteiger charge is -2.24. The molecule has 4 heteroatoms. The van der Waals surface area contributed by atoms with Crippen molar-refractivity contribution in [1.29, 1.82) is 0 Å². The maximum Gasteiger partial charge on any atom is 0.242 e. The Morgan fingerprint density at radius 2 is 2.10 bits per heavy atom. The molecule has 0 saturated heterocycles. The second-order valence-corrected chi connectivity index (χ2v) is 5.41. The minimum Gasteiger partial charge on any atom is -0.362 e. The highest BCUT2D eigenvalue weighted by Crippen LogP contribution is 2.30. The number of nitrogens with zero attached hydrogens (tertiary/aromatic N) is 2. The van der Waals surface area contributed by atoms with E-state index in [1.54, 1.807) is 0 Å². The van der Waals surface area contributed by atoms with Crippen molar-refractivity contribution in [3.63, 3.8) is 0 Å². The van der Waals surface area contributed by atoms with Crippen LogP contribution in [-0.2, 0) is 11.2 Å². The van der Waals surface area contributed by atoms with Gasteiger partial charge in [-0.2, -0.15) is 0 Å². The van der Waals surface area contributed by atoms with Crippen molar-refractivity contribution >= 4 is 11.6 Å². The van der Waals surface area contributed by atoms with Crippen molar-refractivity contribution in [2.45, 2.75) is 33.2 Å². The molecule has 1 atom stereocenters. The van der Waals surface area contributed by atoms with Crippen molar-refractivity contribution < 1.29 is 4.79 Å². The molecule has 20 heavy (non-hydrogen) atoms. The van der Waals surface area contributed by atoms with E-state index in [1.807, 2.05) is 25.7 Å². The molecular formula is C16H25N3O. The van der Waals surface area contributed by atoms with Crippen LogP contribution in [0, 0.1) is 0 Å². The number of fused-ring (bicyclic) bond motifs is 1. The molecule has 0 radical (unpaired) electrons. The normalized spacial score (nSPS) is 15.1. The van der Waals surface area contributed by atoms with E-state index >= 15 is 0 Å². The number of anilines is 1. The topological polar surface area (TPSA) is 49.6 Å². The zero-order valence-corrected chi connectivity index (χ0v) is 12.7. The molecule has 2 N–H and O–H groups in total. The van der Waals surface area contributed by atoms with Gasteiger partial charge in [-0.1, -0.05) is 12.1 Å². The highest BCUT2D eigenvalue weighted by molar-refractivity contribution is 5.82. The molecule has 0 aliphatic carbocycles. The second-order valence-electron chi connectivity index (χ2n) is 5.41. The van der Waals surface area contributed by atoms with E-state index < -0.39 is 0 Å². The summed E-state index contributed by atoms with van der Waals surface area (Å²) in [6, 6.07) is 6.42. The number of rotatable bonds is 5. The van der Waals surface area contributed by atoms with Gasteiger partial charge in [-0.05, 0) is 44.4 Å². The Bertz CT molecular complexity index is 481. The van der Waals surface area contributed by atoms with Gasteiger partial charge < -0.3 is 15.5 Å². The molecule has 1 heterocycles. The van der Waals surface area contributed by atoms with Gasteiger partial charge in [0.25, 0.3) is 0 Å². The Labute approximate surface area is 121 Å². The van der Waals surface area contributed by atoms with Gasteiger partial charge in [0.15, 0.2) is 0 Å². The molecular weight excluding hydrogens is 250 g/mol. The van der Waals surface area contributed by atoms with Crippen LogP contribution in [0.4, 0.5) is 5.69 Å². The van der Waals surface area contributed by atoms with Crippen LogP contribution in [0.15, 0.2) is 18.2 Å². The lowest BCUT2D eigenvalue weighted by Crippen LogP contribution is -2.39. The van der Waals surface area contributed by atoms with Crippen molar-refractivity contribution in [3.05, 3.63) is 29.3 Å². The Hall–Kier alpha value is -1.55. The Morgan fingerprint density at radius 1 is 1.40 bits per heavy atom. The van der Waals surface area contributed by atoms with Gasteiger partial charge >= 0.3 is 0 Å². The number of hydrogen-bond acceptors (Lipinski definition) is 3. The molecule has 0 spiro atoms. The lowest BCUT2D eigenvalue weighted by atomic mass is 10.0. The van der Waals surface area contributed by atoms with E-state index in [-0.39, 0.29) is 11.9 Å². The first-order valence-electron chi connectivity index (χ1n) is 7.47. The third-order valence-corrected chi connectivity index (χ3v) is 4.06. The Balaban J connectivity index is 2.10. The maximum atomic E-state index is 12.2. The Kier molecular flexibility index (Phi) is 4.65. The summed E-state index contributed by atoms with van der Waals surface area (Å²) in [5, 5.41) is 0. The number of benzene rings is 1. The van der Waals surface area contributed by atoms with Crippen molar-refractivity contribution in [1.82, 2.24) is 4.90 Å². The van der Waals surface area contributed by atoms with Crippen molar-refractivity contribution in [2.75, 3.05) is 31.1 Å². The predicted molar refractivity (Wildman–Crippen MR) is 82.9 cm³/mol. The standard InChI is InChI=1S/C16H25N3O/c1-4-18(5-2)16(20)11-19-9-8-14-10-13(12(3)17)6-7-15(14)19/h6-7,10,12H,4-5,8-9,11,17H2,1-3H3. The predicted octanol–water partition coefficient (Wildman–Crippen LogP) is 1.94. The first-order chi connectivity index (χ1) is 9.56. The van der Waals surface area contributed by atoms with E-state index in [2.05, 4.69) is 23.1 Å². The molecule has 110 valence electrons. The van der Waals surface area contributed by atoms with E-state index in [9.17, 15) is 4.79 Å². The molecule has 2 rings (SSSR count). The fourth-order valence-electron chi connectivity index (χ4n) is 2.78. The van der Waals surface area contributed by atoms with Gasteiger partial charge in [-0.25, -0.2) is 0 Å². The summed E-state index contributed by atoms with van der Waals surface area (Å²) in [7, 11) is 0. The summed E-state index contributed by atoms with van der Waals surface area (Å²) in [5.74, 6) is 0.208. The monoisotopic (exact) mass is 275 g/mol. The molecule has 4 nitrogen and oxygen atoms in total. The average molecular weight is 275 g/mol. The van der Waals surface area contributed by atoms with Gasteiger partial charge in [-0.3, -0.25) is 4.79 Å². The number of hydrogen-bond donors (Lipinski definition) is 1. The minimum absolute atomic E-state index is 0.0617. The van der Waals surface area contributed by atoms with Crippen LogP contribution >= 0.6 is 0 Å². The largest absolute Gasteiger partial charge is 0.362 e. The summed E-state index contributed by atoms with van der Waals surface area (Å²) in [5.41, 5.74) is 9.59. The quantitative estimate of drug-likeness (QED) is 0.893. The summed E-state index contributed by atoms with van der Waals surface area (Å²) >= 11 is 0. The van der Waals surface area contributed by atoms with Gasteiger partial charge in [0.2, 0.25) is 5.91 Å². The van der Waals surface area contributed by atoms with Crippen LogP contribution in [0.3, 0.4) is 0 Å². The molecule has 1 aromatic carbocycles. The van der Waals surface area contributed by atoms with Crippen LogP contribution < -0.4 is 10.6 Å². The zero-order chi connectivity index (χ0) is 14.7. The third-order valence-electron chi connectivity index (χ3n) is 4.06. The molecule has 0 fully saturated rings. The third kappa shape index (κ3) is 2.96. The van der Waals surface area contributed by atoms with Crippen LogP contribution in [-0.4, -0.2) is 37.0 Å². The fraction of sp³-hybridized carbons (Fsp3) is 0.562. The zero-order valence-electron chi connectivity index (χ0n) is 12.7. The van der Waals surface area contributed by atoms with E-state index in [0.29, 0.717) is 6.54 Å². The number of carbonyl (C=O) groups is 1. The summed E-state index contributed by atoms with van der Waals surface area (Å²) in [6.07, 6.45) is 1.00. The fourth-order valence-corrected chi connectivity index (χ4v) is 2.78. The second kappa shape index (κ2) is 6.27. The summed E-state index contributed by atoms with van der Waals surface area (Å²) in [6.45, 7) is 9.00. The smallest absolute Gasteiger partial charge is 0.242 e. The van der Waals surface area contributed by atoms with Crippen molar-refractivity contribution in [3.8, 4) is 0 Å². The molecule has 1 aliphatic heterocycles. The van der Waals surface area contributed by atoms with Gasteiger partial charge in [0.1, 0.15) is 0 Å². The van der Waals surface area contributed by atoms with Crippen LogP contribution in [0.1, 0.15) is 37.9 Å². The van der Waals surface area contributed by atoms with Crippen LogP contribution in [0.5, 0.6) is 0 Å². The molecule has 1 unspecified atom stereocenters. The molecule has 1 amide bonds. The highest BCUT2D eigenvalue weighted by atomic mass is 16.2. The van der Waals surface area contributed by atoms with Crippen molar-refractivity contribution in [2.24, 2.45) is 5.73 Å². The maximum absolute atomic E-state index is 12.2. The van der Waals surface area contributed by atoms with E-state index in [4.69, 9.17) is 5.73 Å². The van der Waals surface area contributed by atoms with Gasteiger partial charge in [0, 0.05) is 31.4 Å². The Morgan fingerprint density at radius 3 is 2.70 bits per heavy atom. The number of amides is 1. The molecule has 1 aliphatic rings. The first kappa shape index (κ1) is 14.9. The van der Waals surface area contributed by atoms with E-state index in [1.165, 1.54) is 16.8 Å². The van der Waals surface area contributed by atoms with Crippen LogP contribution in [0.25, 0.3) is 0 Å².